The minimum atomic E-state index is -0.727. The second-order valence-corrected chi connectivity index (χ2v) is 14.1. The fourth-order valence-electron chi connectivity index (χ4n) is 5.11. The van der Waals surface area contributed by atoms with E-state index >= 15 is 0 Å². The number of nitrogens with zero attached hydrogens (tertiary/aromatic N) is 2. The van der Waals surface area contributed by atoms with Crippen LogP contribution in [0.25, 0.3) is 11.8 Å². The first kappa shape index (κ1) is 31.7. The predicted molar refractivity (Wildman–Crippen MR) is 193 cm³/mol. The van der Waals surface area contributed by atoms with Crippen molar-refractivity contribution >= 4 is 83.5 Å². The molecule has 226 valence electrons. The quantitative estimate of drug-likeness (QED) is 0.119. The second-order valence-electron chi connectivity index (χ2n) is 10.1. The molecule has 0 fully saturated rings. The molecule has 45 heavy (non-hydrogen) atoms. The highest BCUT2D eigenvalue weighted by molar-refractivity contribution is 14.1. The summed E-state index contributed by atoms with van der Waals surface area (Å²) in [7, 11) is 0. The van der Waals surface area contributed by atoms with E-state index in [9.17, 15) is 9.59 Å². The number of hydrogen-bond donors (Lipinski definition) is 0. The Morgan fingerprint density at radius 3 is 2.36 bits per heavy atom. The molecule has 1 aromatic heterocycles. The number of carbonyl (C=O) groups excluding carboxylic acids is 1. The van der Waals surface area contributed by atoms with Crippen LogP contribution in [0, 0.1) is 3.57 Å². The lowest BCUT2D eigenvalue weighted by Gasteiger charge is -2.25. The molecule has 1 atom stereocenters. The van der Waals surface area contributed by atoms with Crippen molar-refractivity contribution in [2.45, 2.75) is 19.6 Å². The highest BCUT2D eigenvalue weighted by Crippen LogP contribution is 2.35. The van der Waals surface area contributed by atoms with E-state index in [1.165, 1.54) is 11.3 Å². The minimum Gasteiger partial charge on any atom is -0.487 e. The Morgan fingerprint density at radius 1 is 0.978 bits per heavy atom. The van der Waals surface area contributed by atoms with Gasteiger partial charge in [-0.15, -0.1) is 0 Å². The first-order chi connectivity index (χ1) is 21.8. The topological polar surface area (TPSA) is 69.9 Å². The zero-order valence-corrected chi connectivity index (χ0v) is 30.0. The molecule has 0 unspecified atom stereocenters. The predicted octanol–water partition coefficient (Wildman–Crippen LogP) is 7.64. The molecule has 1 aliphatic rings. The monoisotopic (exact) mass is 854 g/mol. The highest BCUT2D eigenvalue weighted by Gasteiger charge is 2.35. The molecule has 0 bridgehead atoms. The number of rotatable bonds is 8. The van der Waals surface area contributed by atoms with Gasteiger partial charge in [-0.05, 0) is 71.0 Å². The van der Waals surface area contributed by atoms with Crippen molar-refractivity contribution in [1.29, 1.82) is 0 Å². The van der Waals surface area contributed by atoms with Crippen molar-refractivity contribution in [1.82, 2.24) is 4.57 Å². The lowest BCUT2D eigenvalue weighted by molar-refractivity contribution is -0.138. The van der Waals surface area contributed by atoms with Gasteiger partial charge in [-0.2, -0.15) is 0 Å². The van der Waals surface area contributed by atoms with E-state index in [1.807, 2.05) is 103 Å². The maximum Gasteiger partial charge on any atom is 0.338 e. The molecule has 6 nitrogen and oxygen atoms in total. The molecule has 5 aromatic rings. The molecule has 4 aromatic carbocycles. The molecule has 6 rings (SSSR count). The Labute approximate surface area is 294 Å². The number of benzene rings is 4. The van der Waals surface area contributed by atoms with Gasteiger partial charge in [-0.25, -0.2) is 9.79 Å². The van der Waals surface area contributed by atoms with Crippen LogP contribution in [0.5, 0.6) is 5.75 Å². The van der Waals surface area contributed by atoms with Gasteiger partial charge in [-0.3, -0.25) is 9.36 Å². The molecule has 0 amide bonds. The van der Waals surface area contributed by atoms with Crippen LogP contribution in [0.2, 0.25) is 0 Å². The Balaban J connectivity index is 1.54. The summed E-state index contributed by atoms with van der Waals surface area (Å²) in [5.41, 5.74) is 3.88. The average molecular weight is 856 g/mol. The third-order valence-electron chi connectivity index (χ3n) is 7.11. The summed E-state index contributed by atoms with van der Waals surface area (Å²) in [5.74, 6) is 0.165. The van der Waals surface area contributed by atoms with E-state index in [1.54, 1.807) is 11.5 Å². The van der Waals surface area contributed by atoms with Crippen LogP contribution >= 0.6 is 65.8 Å². The number of halogens is 3. The smallest absolute Gasteiger partial charge is 0.338 e. The van der Waals surface area contributed by atoms with E-state index in [0.717, 1.165) is 34.8 Å². The van der Waals surface area contributed by atoms with Crippen molar-refractivity contribution in [3.63, 3.8) is 0 Å². The molecule has 2 heterocycles. The normalized spacial score (nSPS) is 14.6. The number of carbonyl (C=O) groups is 1. The number of ether oxygens (including phenoxy) is 2. The zero-order valence-electron chi connectivity index (χ0n) is 23.9. The van der Waals surface area contributed by atoms with Crippen LogP contribution in [0.1, 0.15) is 35.2 Å². The fourth-order valence-corrected chi connectivity index (χ4v) is 8.07. The van der Waals surface area contributed by atoms with Crippen molar-refractivity contribution in [2.24, 2.45) is 4.99 Å². The molecule has 0 N–H and O–H groups in total. The number of thiazole rings is 1. The molecule has 0 aliphatic carbocycles. The van der Waals surface area contributed by atoms with Gasteiger partial charge in [0.1, 0.15) is 12.4 Å². The van der Waals surface area contributed by atoms with E-state index in [2.05, 4.69) is 54.5 Å². The van der Waals surface area contributed by atoms with E-state index in [-0.39, 0.29) is 12.2 Å². The summed E-state index contributed by atoms with van der Waals surface area (Å²) in [6.45, 7) is 2.33. The van der Waals surface area contributed by atoms with Crippen LogP contribution in [0.15, 0.2) is 121 Å². The van der Waals surface area contributed by atoms with E-state index in [4.69, 9.17) is 14.5 Å². The summed E-state index contributed by atoms with van der Waals surface area (Å²) in [6, 6.07) is 30.2. The SMILES string of the molecule is CCOC(=O)C1=C(c2ccccc2)N=c2s/c(=C\c3cc(Br)cc(I)c3OCc3ccc(Br)cc3)c(=O)n2[C@H]1c1ccccc1. The van der Waals surface area contributed by atoms with Gasteiger partial charge in [0.25, 0.3) is 5.56 Å². The summed E-state index contributed by atoms with van der Waals surface area (Å²) < 4.78 is 16.7. The van der Waals surface area contributed by atoms with E-state index in [0.29, 0.717) is 33.0 Å². The first-order valence-corrected chi connectivity index (χ1v) is 17.5. The lowest BCUT2D eigenvalue weighted by Crippen LogP contribution is -2.40. The van der Waals surface area contributed by atoms with Gasteiger partial charge in [0.15, 0.2) is 4.80 Å². The highest BCUT2D eigenvalue weighted by atomic mass is 127. The summed E-state index contributed by atoms with van der Waals surface area (Å²) in [6.07, 6.45) is 1.84. The fraction of sp³-hybridized carbons (Fsp3) is 0.114. The summed E-state index contributed by atoms with van der Waals surface area (Å²) in [5, 5.41) is 0. The summed E-state index contributed by atoms with van der Waals surface area (Å²) in [4.78, 5) is 33.4. The third kappa shape index (κ3) is 6.79. The Kier molecular flexibility index (Phi) is 9.84. The maximum absolute atomic E-state index is 14.3. The number of fused-ring (bicyclic) bond motifs is 1. The Morgan fingerprint density at radius 2 is 1.67 bits per heavy atom. The molecule has 0 saturated carbocycles. The molecule has 10 heteroatoms. The third-order valence-corrected chi connectivity index (χ3v) is 9.88. The van der Waals surface area contributed by atoms with E-state index < -0.39 is 12.0 Å². The van der Waals surface area contributed by atoms with Gasteiger partial charge in [0.05, 0.1) is 32.0 Å². The molecule has 0 radical (unpaired) electrons. The molecule has 0 saturated heterocycles. The second kappa shape index (κ2) is 14.0. The van der Waals surface area contributed by atoms with Crippen LogP contribution in [-0.4, -0.2) is 17.1 Å². The zero-order chi connectivity index (χ0) is 31.5. The lowest BCUT2D eigenvalue weighted by atomic mass is 9.93. The maximum atomic E-state index is 14.3. The molecule has 1 aliphatic heterocycles. The van der Waals surface area contributed by atoms with Gasteiger partial charge in [0.2, 0.25) is 0 Å². The average Bonchev–Trinajstić information content (AvgIpc) is 3.35. The largest absolute Gasteiger partial charge is 0.487 e. The van der Waals surface area contributed by atoms with Gasteiger partial charge >= 0.3 is 5.97 Å². The standard InChI is InChI=1S/C35H25Br2IN2O4S/c1-2-43-34(42)29-30(22-9-5-3-6-10-22)39-35-40(31(29)23-11-7-4-8-12-23)33(41)28(45-35)18-24-17-26(37)19-27(38)32(24)44-20-21-13-15-25(36)16-14-21/h3-19,31H,2,20H2,1H3/b28-18-/t31-/m0/s1. The van der Waals surface area contributed by atoms with Gasteiger partial charge in [-0.1, -0.05) is 116 Å². The van der Waals surface area contributed by atoms with Crippen LogP contribution < -0.4 is 19.6 Å². The number of aromatic nitrogens is 1. The van der Waals surface area contributed by atoms with Crippen LogP contribution in [0.3, 0.4) is 0 Å². The van der Waals surface area contributed by atoms with Crippen molar-refractivity contribution in [3.8, 4) is 5.75 Å². The van der Waals surface area contributed by atoms with Crippen molar-refractivity contribution in [2.75, 3.05) is 6.61 Å². The number of esters is 1. The first-order valence-electron chi connectivity index (χ1n) is 14.0. The molecular formula is C35H25Br2IN2O4S. The number of hydrogen-bond acceptors (Lipinski definition) is 6. The molecular weight excluding hydrogens is 831 g/mol. The Bertz CT molecular complexity index is 2090. The molecule has 0 spiro atoms. The van der Waals surface area contributed by atoms with Crippen LogP contribution in [0.4, 0.5) is 0 Å². The Hall–Kier alpha value is -3.32. The van der Waals surface area contributed by atoms with Gasteiger partial charge in [0, 0.05) is 20.1 Å². The van der Waals surface area contributed by atoms with Crippen LogP contribution in [-0.2, 0) is 16.1 Å². The summed E-state index contributed by atoms with van der Waals surface area (Å²) >= 11 is 10.6. The van der Waals surface area contributed by atoms with Crippen molar-refractivity contribution in [3.05, 3.63) is 157 Å². The van der Waals surface area contributed by atoms with Crippen molar-refractivity contribution < 1.29 is 14.3 Å². The van der Waals surface area contributed by atoms with Gasteiger partial charge < -0.3 is 9.47 Å². The minimum absolute atomic E-state index is 0.195.